The Morgan fingerprint density at radius 3 is 2.79 bits per heavy atom. The van der Waals surface area contributed by atoms with E-state index in [1.165, 1.54) is 0 Å². The molecule has 0 radical (unpaired) electrons. The largest absolute Gasteiger partial charge is 0.497 e. The first-order chi connectivity index (χ1) is 9.28. The van der Waals surface area contributed by atoms with Crippen LogP contribution in [0.4, 0.5) is 0 Å². The van der Waals surface area contributed by atoms with Crippen LogP contribution in [0, 0.1) is 0 Å². The quantitative estimate of drug-likeness (QED) is 0.886. The molecular formula is C15H21NO3. The number of nitrogens with one attached hydrogen (secondary N) is 1. The second kappa shape index (κ2) is 7.14. The third-order valence-electron chi connectivity index (χ3n) is 3.34. The minimum atomic E-state index is 0.0581. The maximum Gasteiger partial charge on any atom is 0.222 e. The van der Waals surface area contributed by atoms with Crippen molar-refractivity contribution in [3.8, 4) is 5.75 Å². The van der Waals surface area contributed by atoms with Gasteiger partial charge in [-0.15, -0.1) is 0 Å². The lowest BCUT2D eigenvalue weighted by molar-refractivity contribution is -0.125. The summed E-state index contributed by atoms with van der Waals surface area (Å²) in [5.74, 6) is 0.883. The van der Waals surface area contributed by atoms with Crippen LogP contribution in [0.15, 0.2) is 24.3 Å². The first-order valence-electron chi connectivity index (χ1n) is 6.79. The summed E-state index contributed by atoms with van der Waals surface area (Å²) in [6, 6.07) is 7.70. The summed E-state index contributed by atoms with van der Waals surface area (Å²) in [5.41, 5.74) is 1.07. The molecule has 1 fully saturated rings. The Morgan fingerprint density at radius 1 is 1.37 bits per heavy atom. The Morgan fingerprint density at radius 2 is 2.16 bits per heavy atom. The molecule has 4 heteroatoms. The Labute approximate surface area is 114 Å². The van der Waals surface area contributed by atoms with E-state index in [9.17, 15) is 4.79 Å². The number of carbonyl (C=O) groups excluding carboxylic acids is 1. The summed E-state index contributed by atoms with van der Waals surface area (Å²) < 4.78 is 10.6. The molecule has 1 saturated heterocycles. The maximum atomic E-state index is 11.8. The van der Waals surface area contributed by atoms with Crippen molar-refractivity contribution in [2.75, 3.05) is 13.7 Å². The summed E-state index contributed by atoms with van der Waals surface area (Å²) in [5, 5.41) is 2.92. The van der Waals surface area contributed by atoms with Gasteiger partial charge in [0.15, 0.2) is 0 Å². The number of amides is 1. The van der Waals surface area contributed by atoms with Crippen LogP contribution in [-0.4, -0.2) is 25.7 Å². The minimum Gasteiger partial charge on any atom is -0.497 e. The van der Waals surface area contributed by atoms with Crippen LogP contribution in [0.3, 0.4) is 0 Å². The van der Waals surface area contributed by atoms with Crippen molar-refractivity contribution in [2.24, 2.45) is 0 Å². The highest BCUT2D eigenvalue weighted by Gasteiger charge is 2.17. The van der Waals surface area contributed by atoms with Crippen molar-refractivity contribution < 1.29 is 14.3 Å². The Hall–Kier alpha value is -1.55. The van der Waals surface area contributed by atoms with E-state index >= 15 is 0 Å². The third kappa shape index (κ3) is 4.56. The molecule has 1 aromatic carbocycles. The van der Waals surface area contributed by atoms with Gasteiger partial charge in [-0.05, 0) is 37.0 Å². The van der Waals surface area contributed by atoms with Crippen molar-refractivity contribution in [2.45, 2.75) is 38.3 Å². The molecular weight excluding hydrogens is 242 g/mol. The Kier molecular flexibility index (Phi) is 5.21. The summed E-state index contributed by atoms with van der Waals surface area (Å²) in [4.78, 5) is 11.8. The molecule has 104 valence electrons. The van der Waals surface area contributed by atoms with Gasteiger partial charge in [0.1, 0.15) is 5.75 Å². The fourth-order valence-electron chi connectivity index (χ4n) is 2.19. The van der Waals surface area contributed by atoms with Crippen molar-refractivity contribution in [1.29, 1.82) is 0 Å². The summed E-state index contributed by atoms with van der Waals surface area (Å²) in [6.07, 6.45) is 3.84. The van der Waals surface area contributed by atoms with Crippen LogP contribution in [0.2, 0.25) is 0 Å². The van der Waals surface area contributed by atoms with Crippen molar-refractivity contribution >= 4 is 5.91 Å². The van der Waals surface area contributed by atoms with Crippen LogP contribution < -0.4 is 10.1 Å². The molecule has 1 amide bonds. The Balaban J connectivity index is 1.72. The molecule has 0 saturated carbocycles. The Bertz CT molecular complexity index is 396. The fourth-order valence-corrected chi connectivity index (χ4v) is 2.19. The van der Waals surface area contributed by atoms with Crippen LogP contribution in [0.1, 0.15) is 31.2 Å². The number of ether oxygens (including phenoxy) is 2. The molecule has 1 N–H and O–H groups in total. The van der Waals surface area contributed by atoms with E-state index in [-0.39, 0.29) is 12.0 Å². The van der Waals surface area contributed by atoms with E-state index in [0.717, 1.165) is 37.2 Å². The molecule has 0 bridgehead atoms. The number of benzene rings is 1. The first kappa shape index (κ1) is 13.9. The molecule has 0 aromatic heterocycles. The molecule has 0 spiro atoms. The number of rotatable bonds is 5. The molecule has 19 heavy (non-hydrogen) atoms. The zero-order valence-electron chi connectivity index (χ0n) is 11.4. The highest BCUT2D eigenvalue weighted by molar-refractivity contribution is 5.76. The molecule has 1 aromatic rings. The first-order valence-corrected chi connectivity index (χ1v) is 6.79. The lowest BCUT2D eigenvalue weighted by Crippen LogP contribution is -2.30. The van der Waals surface area contributed by atoms with Gasteiger partial charge in [-0.2, -0.15) is 0 Å². The predicted octanol–water partition coefficient (Wildman–Crippen LogP) is 2.27. The molecule has 1 unspecified atom stereocenters. The molecule has 1 atom stereocenters. The maximum absolute atomic E-state index is 11.8. The van der Waals surface area contributed by atoms with Gasteiger partial charge in [-0.3, -0.25) is 4.79 Å². The number of carbonyl (C=O) groups is 1. The highest BCUT2D eigenvalue weighted by Crippen LogP contribution is 2.15. The van der Waals surface area contributed by atoms with E-state index in [2.05, 4.69) is 5.32 Å². The van der Waals surface area contributed by atoms with Gasteiger partial charge in [0.25, 0.3) is 0 Å². The van der Waals surface area contributed by atoms with Crippen molar-refractivity contribution in [1.82, 2.24) is 5.32 Å². The van der Waals surface area contributed by atoms with Crippen LogP contribution in [0.5, 0.6) is 5.75 Å². The average Bonchev–Trinajstić information content (AvgIpc) is 2.47. The van der Waals surface area contributed by atoms with Gasteiger partial charge in [0.05, 0.1) is 19.6 Å². The predicted molar refractivity (Wildman–Crippen MR) is 73.0 cm³/mol. The summed E-state index contributed by atoms with van der Waals surface area (Å²) in [7, 11) is 1.64. The fraction of sp³-hybridized carbons (Fsp3) is 0.533. The smallest absolute Gasteiger partial charge is 0.222 e. The monoisotopic (exact) mass is 263 g/mol. The molecule has 1 aliphatic heterocycles. The second-order valence-electron chi connectivity index (χ2n) is 4.82. The molecule has 0 aliphatic carbocycles. The summed E-state index contributed by atoms with van der Waals surface area (Å²) in [6.45, 7) is 1.34. The molecule has 2 rings (SSSR count). The lowest BCUT2D eigenvalue weighted by atomic mass is 10.1. The topological polar surface area (TPSA) is 47.6 Å². The van der Waals surface area contributed by atoms with E-state index in [4.69, 9.17) is 9.47 Å². The van der Waals surface area contributed by atoms with Crippen LogP contribution >= 0.6 is 0 Å². The van der Waals surface area contributed by atoms with E-state index in [1.54, 1.807) is 7.11 Å². The van der Waals surface area contributed by atoms with Gasteiger partial charge >= 0.3 is 0 Å². The van der Waals surface area contributed by atoms with Gasteiger partial charge in [0.2, 0.25) is 5.91 Å². The second-order valence-corrected chi connectivity index (χ2v) is 4.82. The van der Waals surface area contributed by atoms with Crippen molar-refractivity contribution in [3.05, 3.63) is 29.8 Å². The third-order valence-corrected chi connectivity index (χ3v) is 3.34. The minimum absolute atomic E-state index is 0.0581. The summed E-state index contributed by atoms with van der Waals surface area (Å²) >= 11 is 0. The van der Waals surface area contributed by atoms with E-state index < -0.39 is 0 Å². The van der Waals surface area contributed by atoms with E-state index in [0.29, 0.717) is 13.0 Å². The number of methoxy groups -OCH3 is 1. The normalized spacial score (nSPS) is 18.9. The standard InChI is InChI=1S/C15H21NO3/c1-18-13-7-5-12(6-8-13)11-16-15(17)10-14-4-2-3-9-19-14/h5-8,14H,2-4,9-11H2,1H3,(H,16,17). The van der Waals surface area contributed by atoms with Gasteiger partial charge in [0, 0.05) is 13.2 Å². The van der Waals surface area contributed by atoms with Gasteiger partial charge in [-0.1, -0.05) is 12.1 Å². The molecule has 4 nitrogen and oxygen atoms in total. The zero-order valence-corrected chi connectivity index (χ0v) is 11.4. The number of hydrogen-bond acceptors (Lipinski definition) is 3. The lowest BCUT2D eigenvalue weighted by Gasteiger charge is -2.21. The van der Waals surface area contributed by atoms with Gasteiger partial charge in [-0.25, -0.2) is 0 Å². The molecule has 1 aliphatic rings. The van der Waals surface area contributed by atoms with Gasteiger partial charge < -0.3 is 14.8 Å². The van der Waals surface area contributed by atoms with Crippen LogP contribution in [0.25, 0.3) is 0 Å². The number of hydrogen-bond donors (Lipinski definition) is 1. The van der Waals surface area contributed by atoms with Crippen molar-refractivity contribution in [3.63, 3.8) is 0 Å². The van der Waals surface area contributed by atoms with E-state index in [1.807, 2.05) is 24.3 Å². The average molecular weight is 263 g/mol. The van der Waals surface area contributed by atoms with Crippen LogP contribution in [-0.2, 0) is 16.1 Å². The highest BCUT2D eigenvalue weighted by atomic mass is 16.5. The SMILES string of the molecule is COc1ccc(CNC(=O)CC2CCCCO2)cc1. The molecule has 1 heterocycles. The zero-order chi connectivity index (χ0) is 13.5.